The zero-order chi connectivity index (χ0) is 15.0. The highest BCUT2D eigenvalue weighted by Gasteiger charge is 2.39. The number of aliphatic hydroxyl groups excluding tert-OH is 1. The molecule has 1 saturated heterocycles. The van der Waals surface area contributed by atoms with Gasteiger partial charge >= 0.3 is 5.97 Å². The number of aryl methyl sites for hydroxylation is 2. The third-order valence-corrected chi connectivity index (χ3v) is 5.51. The van der Waals surface area contributed by atoms with Gasteiger partial charge in [-0.1, -0.05) is 6.42 Å². The molecule has 1 aromatic heterocycles. The Morgan fingerprint density at radius 1 is 1.24 bits per heavy atom. The number of nitrogens with zero attached hydrogens (tertiary/aromatic N) is 1. The molecule has 1 aliphatic heterocycles. The van der Waals surface area contributed by atoms with Crippen molar-refractivity contribution in [2.24, 2.45) is 0 Å². The van der Waals surface area contributed by atoms with E-state index in [0.29, 0.717) is 4.88 Å². The monoisotopic (exact) mass is 309 g/mol. The Morgan fingerprint density at radius 3 is 2.76 bits per heavy atom. The van der Waals surface area contributed by atoms with Crippen LogP contribution in [0.15, 0.2) is 6.07 Å². The van der Waals surface area contributed by atoms with Crippen molar-refractivity contribution < 1.29 is 19.8 Å². The lowest BCUT2D eigenvalue weighted by Crippen LogP contribution is -2.40. The van der Waals surface area contributed by atoms with Crippen molar-refractivity contribution in [1.82, 2.24) is 4.90 Å². The molecule has 6 heteroatoms. The first-order valence-electron chi connectivity index (χ1n) is 7.39. The first kappa shape index (κ1) is 14.5. The number of carbonyl (C=O) groups is 2. The fourth-order valence-electron chi connectivity index (χ4n) is 3.19. The number of amides is 1. The second-order valence-corrected chi connectivity index (χ2v) is 6.96. The molecule has 0 saturated carbocycles. The van der Waals surface area contributed by atoms with Crippen molar-refractivity contribution in [3.05, 3.63) is 21.4 Å². The van der Waals surface area contributed by atoms with Crippen LogP contribution in [-0.4, -0.2) is 45.7 Å². The van der Waals surface area contributed by atoms with Crippen LogP contribution in [0.2, 0.25) is 0 Å². The van der Waals surface area contributed by atoms with Gasteiger partial charge in [0.15, 0.2) is 0 Å². The fourth-order valence-corrected chi connectivity index (χ4v) is 4.40. The Kier molecular flexibility index (Phi) is 3.99. The molecular formula is C15H19NO4S. The highest BCUT2D eigenvalue weighted by molar-refractivity contribution is 7.14. The molecule has 2 heterocycles. The minimum Gasteiger partial charge on any atom is -0.480 e. The molecule has 1 amide bonds. The summed E-state index contributed by atoms with van der Waals surface area (Å²) in [6.07, 6.45) is 4.92. The first-order chi connectivity index (χ1) is 10.1. The van der Waals surface area contributed by atoms with Crippen molar-refractivity contribution in [2.75, 3.05) is 6.54 Å². The smallest absolute Gasteiger partial charge is 0.326 e. The lowest BCUT2D eigenvalue weighted by Gasteiger charge is -2.20. The number of thiophene rings is 1. The van der Waals surface area contributed by atoms with Gasteiger partial charge in [0.2, 0.25) is 0 Å². The molecular weight excluding hydrogens is 290 g/mol. The number of carboxylic acid groups (broad SMARTS) is 1. The zero-order valence-electron chi connectivity index (χ0n) is 11.7. The van der Waals surface area contributed by atoms with Crippen LogP contribution >= 0.6 is 11.3 Å². The van der Waals surface area contributed by atoms with Gasteiger partial charge in [0.25, 0.3) is 5.91 Å². The Labute approximate surface area is 127 Å². The summed E-state index contributed by atoms with van der Waals surface area (Å²) in [5.74, 6) is -1.30. The van der Waals surface area contributed by atoms with E-state index in [9.17, 15) is 19.8 Å². The molecule has 2 atom stereocenters. The molecule has 3 rings (SSSR count). The number of carbonyl (C=O) groups excluding carboxylic acids is 1. The van der Waals surface area contributed by atoms with Crippen LogP contribution in [0, 0.1) is 0 Å². The van der Waals surface area contributed by atoms with Gasteiger partial charge in [0.05, 0.1) is 11.0 Å². The summed E-state index contributed by atoms with van der Waals surface area (Å²) in [6, 6.07) is 1.02. The Morgan fingerprint density at radius 2 is 2.00 bits per heavy atom. The quantitative estimate of drug-likeness (QED) is 0.815. The maximum Gasteiger partial charge on any atom is 0.326 e. The van der Waals surface area contributed by atoms with E-state index >= 15 is 0 Å². The van der Waals surface area contributed by atoms with Crippen LogP contribution in [0.4, 0.5) is 0 Å². The van der Waals surface area contributed by atoms with E-state index in [0.717, 1.165) is 25.7 Å². The van der Waals surface area contributed by atoms with Crippen LogP contribution in [-0.2, 0) is 17.6 Å². The molecule has 2 aliphatic rings. The Bertz CT molecular complexity index is 545. The van der Waals surface area contributed by atoms with E-state index in [-0.39, 0.29) is 18.9 Å². The lowest BCUT2D eigenvalue weighted by atomic mass is 10.1. The number of hydrogen-bond donors (Lipinski definition) is 2. The largest absolute Gasteiger partial charge is 0.480 e. The van der Waals surface area contributed by atoms with Gasteiger partial charge < -0.3 is 15.1 Å². The normalized spacial score (nSPS) is 25.5. The number of aliphatic hydroxyl groups is 1. The summed E-state index contributed by atoms with van der Waals surface area (Å²) in [6.45, 7) is 0.109. The molecule has 1 aliphatic carbocycles. The zero-order valence-corrected chi connectivity index (χ0v) is 12.6. The van der Waals surface area contributed by atoms with Gasteiger partial charge in [-0.25, -0.2) is 4.79 Å². The second-order valence-electron chi connectivity index (χ2n) is 5.82. The average Bonchev–Trinajstić information content (AvgIpc) is 2.96. The average molecular weight is 309 g/mol. The maximum atomic E-state index is 12.6. The molecule has 1 aromatic rings. The number of fused-ring (bicyclic) bond motifs is 1. The van der Waals surface area contributed by atoms with Crippen molar-refractivity contribution in [2.45, 2.75) is 50.7 Å². The maximum absolute atomic E-state index is 12.6. The summed E-state index contributed by atoms with van der Waals surface area (Å²) in [4.78, 5) is 27.0. The summed E-state index contributed by atoms with van der Waals surface area (Å²) >= 11 is 1.49. The number of aliphatic carboxylic acids is 1. The number of likely N-dealkylation sites (tertiary alicyclic amines) is 1. The predicted octanol–water partition coefficient (Wildman–Crippen LogP) is 1.68. The van der Waals surface area contributed by atoms with E-state index in [4.69, 9.17) is 0 Å². The van der Waals surface area contributed by atoms with Crippen molar-refractivity contribution in [1.29, 1.82) is 0 Å². The van der Waals surface area contributed by atoms with Crippen molar-refractivity contribution >= 4 is 23.2 Å². The molecule has 1 fully saturated rings. The van der Waals surface area contributed by atoms with Crippen LogP contribution in [0.5, 0.6) is 0 Å². The van der Waals surface area contributed by atoms with Gasteiger partial charge in [-0.3, -0.25) is 4.79 Å². The number of carboxylic acids is 1. The van der Waals surface area contributed by atoms with E-state index in [1.54, 1.807) is 0 Å². The predicted molar refractivity (Wildman–Crippen MR) is 78.7 cm³/mol. The van der Waals surface area contributed by atoms with Crippen LogP contribution in [0.1, 0.15) is 45.8 Å². The third kappa shape index (κ3) is 2.82. The Hall–Kier alpha value is -1.40. The van der Waals surface area contributed by atoms with Gasteiger partial charge in [0.1, 0.15) is 6.04 Å². The minimum atomic E-state index is -1.04. The fraction of sp³-hybridized carbons (Fsp3) is 0.600. The van der Waals surface area contributed by atoms with Gasteiger partial charge in [0, 0.05) is 17.8 Å². The molecule has 0 unspecified atom stereocenters. The molecule has 114 valence electrons. The topological polar surface area (TPSA) is 77.8 Å². The highest BCUT2D eigenvalue weighted by Crippen LogP contribution is 2.31. The Balaban J connectivity index is 1.83. The van der Waals surface area contributed by atoms with E-state index in [1.807, 2.05) is 6.07 Å². The summed E-state index contributed by atoms with van der Waals surface area (Å²) in [7, 11) is 0. The van der Waals surface area contributed by atoms with Crippen molar-refractivity contribution in [3.8, 4) is 0 Å². The van der Waals surface area contributed by atoms with Gasteiger partial charge in [-0.2, -0.15) is 0 Å². The number of β-amino-alcohol motifs (C(OH)–C–C–N with tert-alkyl or cyclic N) is 1. The van der Waals surface area contributed by atoms with Crippen LogP contribution < -0.4 is 0 Å². The third-order valence-electron chi connectivity index (χ3n) is 4.28. The van der Waals surface area contributed by atoms with Crippen molar-refractivity contribution in [3.63, 3.8) is 0 Å². The minimum absolute atomic E-state index is 0.109. The molecule has 0 bridgehead atoms. The number of hydrogen-bond acceptors (Lipinski definition) is 4. The lowest BCUT2D eigenvalue weighted by molar-refractivity contribution is -0.141. The van der Waals surface area contributed by atoms with E-state index in [1.165, 1.54) is 33.1 Å². The summed E-state index contributed by atoms with van der Waals surface area (Å²) < 4.78 is 0. The summed E-state index contributed by atoms with van der Waals surface area (Å²) in [5.41, 5.74) is 1.24. The van der Waals surface area contributed by atoms with Crippen LogP contribution in [0.3, 0.4) is 0 Å². The van der Waals surface area contributed by atoms with Crippen LogP contribution in [0.25, 0.3) is 0 Å². The molecule has 0 radical (unpaired) electrons. The standard InChI is InChI=1S/C15H19NO4S/c17-10-7-11(15(19)20)16(8-10)14(18)13-6-9-4-2-1-3-5-12(9)21-13/h6,10-11,17H,1-5,7-8H2,(H,19,20)/t10-,11+/m1/s1. The molecule has 21 heavy (non-hydrogen) atoms. The van der Waals surface area contributed by atoms with E-state index in [2.05, 4.69) is 0 Å². The van der Waals surface area contributed by atoms with Gasteiger partial charge in [-0.05, 0) is 37.3 Å². The number of rotatable bonds is 2. The SMILES string of the molecule is O=C(O)[C@@H]1C[C@@H](O)CN1C(=O)c1cc2c(s1)CCCCC2. The molecule has 0 spiro atoms. The second kappa shape index (κ2) is 5.77. The molecule has 2 N–H and O–H groups in total. The highest BCUT2D eigenvalue weighted by atomic mass is 32.1. The van der Waals surface area contributed by atoms with Gasteiger partial charge in [-0.15, -0.1) is 11.3 Å². The first-order valence-corrected chi connectivity index (χ1v) is 8.21. The molecule has 0 aromatic carbocycles. The summed E-state index contributed by atoms with van der Waals surface area (Å²) in [5, 5.41) is 18.9. The van der Waals surface area contributed by atoms with E-state index < -0.39 is 18.1 Å². The molecule has 5 nitrogen and oxygen atoms in total.